The van der Waals surface area contributed by atoms with Crippen LogP contribution in [0.5, 0.6) is 5.75 Å². The van der Waals surface area contributed by atoms with Gasteiger partial charge in [-0.2, -0.15) is 13.2 Å². The number of alkyl halides is 3. The highest BCUT2D eigenvalue weighted by atomic mass is 32.1. The number of imide groups is 1. The lowest BCUT2D eigenvalue weighted by Crippen LogP contribution is -2.44. The van der Waals surface area contributed by atoms with Crippen LogP contribution in [-0.2, 0) is 23.9 Å². The Hall–Kier alpha value is -3.40. The van der Waals surface area contributed by atoms with Gasteiger partial charge in [-0.15, -0.1) is 11.3 Å². The molecule has 0 unspecified atom stereocenters. The molecule has 0 radical (unpaired) electrons. The van der Waals surface area contributed by atoms with Gasteiger partial charge in [-0.1, -0.05) is 24.3 Å². The minimum absolute atomic E-state index is 0.0140. The Labute approximate surface area is 198 Å². The van der Waals surface area contributed by atoms with Gasteiger partial charge in [0.15, 0.2) is 0 Å². The molecule has 2 heterocycles. The number of aryl methyl sites for hydroxylation is 1. The molecule has 3 aromatic rings. The Bertz CT molecular complexity index is 1190. The summed E-state index contributed by atoms with van der Waals surface area (Å²) in [5.74, 6) is 0.403. The maximum absolute atomic E-state index is 13.1. The fraction of sp³-hybridized carbons (Fsp3) is 0.292. The zero-order valence-corrected chi connectivity index (χ0v) is 19.3. The van der Waals surface area contributed by atoms with Crippen molar-refractivity contribution in [3.05, 3.63) is 70.7 Å². The lowest BCUT2D eigenvalue weighted by Gasteiger charge is -2.21. The van der Waals surface area contributed by atoms with Crippen LogP contribution in [0.25, 0.3) is 10.6 Å². The van der Waals surface area contributed by atoms with E-state index in [0.717, 1.165) is 28.3 Å². The number of urea groups is 1. The van der Waals surface area contributed by atoms with Crippen LogP contribution in [0.15, 0.2) is 53.9 Å². The first kappa shape index (κ1) is 23.7. The van der Waals surface area contributed by atoms with Gasteiger partial charge in [0, 0.05) is 10.9 Å². The molecule has 34 heavy (non-hydrogen) atoms. The fourth-order valence-corrected chi connectivity index (χ4v) is 4.54. The number of halogens is 3. The van der Waals surface area contributed by atoms with Crippen LogP contribution < -0.4 is 10.1 Å². The van der Waals surface area contributed by atoms with Crippen LogP contribution in [0.2, 0.25) is 0 Å². The summed E-state index contributed by atoms with van der Waals surface area (Å²) < 4.78 is 43.5. The quantitative estimate of drug-likeness (QED) is 0.459. The molecule has 0 saturated carbocycles. The van der Waals surface area contributed by atoms with Crippen LogP contribution in [0.4, 0.5) is 18.0 Å². The van der Waals surface area contributed by atoms with E-state index < -0.39 is 23.3 Å². The first-order valence-corrected chi connectivity index (χ1v) is 11.4. The molecule has 1 saturated heterocycles. The normalized spacial score (nSPS) is 18.3. The number of nitrogens with zero attached hydrogens (tertiary/aromatic N) is 2. The number of hydrogen-bond donors (Lipinski definition) is 1. The van der Waals surface area contributed by atoms with Crippen molar-refractivity contribution < 1.29 is 27.5 Å². The molecule has 0 bridgehead atoms. The van der Waals surface area contributed by atoms with E-state index in [1.807, 2.05) is 24.3 Å². The SMILES string of the molecule is COc1ccc(CC[C@]2(C)NC(=O)N(Cc3csc(-c4ccc(C(F)(F)F)cc4)n3)C2=O)cc1. The van der Waals surface area contributed by atoms with Crippen molar-refractivity contribution in [2.24, 2.45) is 0 Å². The monoisotopic (exact) mass is 489 g/mol. The molecule has 1 atom stereocenters. The Morgan fingerprint density at radius 3 is 2.38 bits per heavy atom. The molecule has 1 fully saturated rings. The number of thiazole rings is 1. The number of aromatic nitrogens is 1. The Morgan fingerprint density at radius 2 is 1.76 bits per heavy atom. The van der Waals surface area contributed by atoms with Crippen molar-refractivity contribution in [1.29, 1.82) is 0 Å². The third-order valence-corrected chi connectivity index (χ3v) is 6.69. The molecule has 2 aromatic carbocycles. The predicted molar refractivity (Wildman–Crippen MR) is 121 cm³/mol. The lowest BCUT2D eigenvalue weighted by molar-refractivity contribution is -0.137. The number of hydrogen-bond acceptors (Lipinski definition) is 5. The van der Waals surface area contributed by atoms with E-state index >= 15 is 0 Å². The maximum Gasteiger partial charge on any atom is 0.416 e. The summed E-state index contributed by atoms with van der Waals surface area (Å²) >= 11 is 1.24. The second-order valence-corrected chi connectivity index (χ2v) is 9.08. The third kappa shape index (κ3) is 4.91. The van der Waals surface area contributed by atoms with Crippen LogP contribution >= 0.6 is 11.3 Å². The van der Waals surface area contributed by atoms with Gasteiger partial charge in [-0.05, 0) is 49.6 Å². The smallest absolute Gasteiger partial charge is 0.416 e. The molecule has 1 aliphatic rings. The van der Waals surface area contributed by atoms with E-state index in [4.69, 9.17) is 4.74 Å². The molecular formula is C24H22F3N3O3S. The van der Waals surface area contributed by atoms with Gasteiger partial charge in [0.05, 0.1) is 24.9 Å². The summed E-state index contributed by atoms with van der Waals surface area (Å²) in [4.78, 5) is 31.2. The highest BCUT2D eigenvalue weighted by Gasteiger charge is 2.47. The van der Waals surface area contributed by atoms with Gasteiger partial charge < -0.3 is 10.1 Å². The Balaban J connectivity index is 1.41. The zero-order chi connectivity index (χ0) is 24.5. The number of methoxy groups -OCH3 is 1. The highest BCUT2D eigenvalue weighted by Crippen LogP contribution is 2.32. The number of nitrogens with one attached hydrogen (secondary N) is 1. The minimum atomic E-state index is -4.41. The average molecular weight is 490 g/mol. The minimum Gasteiger partial charge on any atom is -0.497 e. The van der Waals surface area contributed by atoms with Crippen molar-refractivity contribution in [2.75, 3.05) is 7.11 Å². The summed E-state index contributed by atoms with van der Waals surface area (Å²) in [5.41, 5.74) is 0.265. The predicted octanol–water partition coefficient (Wildman–Crippen LogP) is 5.28. The first-order valence-electron chi connectivity index (χ1n) is 10.5. The van der Waals surface area contributed by atoms with Crippen molar-refractivity contribution >= 4 is 23.3 Å². The zero-order valence-electron chi connectivity index (χ0n) is 18.5. The van der Waals surface area contributed by atoms with E-state index in [1.165, 1.54) is 23.5 Å². The molecule has 1 aromatic heterocycles. The van der Waals surface area contributed by atoms with E-state index in [2.05, 4.69) is 10.3 Å². The van der Waals surface area contributed by atoms with Crippen LogP contribution in [0.3, 0.4) is 0 Å². The first-order chi connectivity index (χ1) is 16.1. The van der Waals surface area contributed by atoms with Gasteiger partial charge in [-0.25, -0.2) is 9.78 Å². The van der Waals surface area contributed by atoms with E-state index in [0.29, 0.717) is 29.1 Å². The molecule has 10 heteroatoms. The number of benzene rings is 2. The second kappa shape index (κ2) is 9.09. The summed E-state index contributed by atoms with van der Waals surface area (Å²) in [6.07, 6.45) is -3.39. The van der Waals surface area contributed by atoms with Crippen molar-refractivity contribution in [1.82, 2.24) is 15.2 Å². The van der Waals surface area contributed by atoms with E-state index in [-0.39, 0.29) is 12.5 Å². The summed E-state index contributed by atoms with van der Waals surface area (Å²) in [7, 11) is 1.59. The van der Waals surface area contributed by atoms with Crippen molar-refractivity contribution in [3.63, 3.8) is 0 Å². The fourth-order valence-electron chi connectivity index (χ4n) is 3.72. The van der Waals surface area contributed by atoms with Crippen LogP contribution in [-0.4, -0.2) is 34.5 Å². The summed E-state index contributed by atoms with van der Waals surface area (Å²) in [6.45, 7) is 1.69. The number of carbonyl (C=O) groups is 2. The van der Waals surface area contributed by atoms with Crippen LogP contribution in [0.1, 0.15) is 30.2 Å². The number of carbonyl (C=O) groups excluding carboxylic acids is 2. The molecule has 0 spiro atoms. The number of amides is 3. The maximum atomic E-state index is 13.1. The average Bonchev–Trinajstić information content (AvgIpc) is 3.36. The second-order valence-electron chi connectivity index (χ2n) is 8.22. The van der Waals surface area contributed by atoms with Gasteiger partial charge in [-0.3, -0.25) is 9.69 Å². The van der Waals surface area contributed by atoms with E-state index in [9.17, 15) is 22.8 Å². The van der Waals surface area contributed by atoms with Crippen LogP contribution in [0, 0.1) is 0 Å². The molecule has 6 nitrogen and oxygen atoms in total. The van der Waals surface area contributed by atoms with Gasteiger partial charge in [0.2, 0.25) is 0 Å². The molecule has 0 aliphatic carbocycles. The largest absolute Gasteiger partial charge is 0.497 e. The highest BCUT2D eigenvalue weighted by molar-refractivity contribution is 7.13. The van der Waals surface area contributed by atoms with Gasteiger partial charge in [0.1, 0.15) is 16.3 Å². The van der Waals surface area contributed by atoms with Gasteiger partial charge >= 0.3 is 12.2 Å². The number of rotatable bonds is 7. The van der Waals surface area contributed by atoms with Gasteiger partial charge in [0.25, 0.3) is 5.91 Å². The summed E-state index contributed by atoms with van der Waals surface area (Å²) in [6, 6.07) is 11.7. The molecule has 4 rings (SSSR count). The number of ether oxygens (including phenoxy) is 1. The standard InChI is InChI=1S/C24H22F3N3O3S/c1-23(12-11-15-3-9-19(33-2)10-4-15)21(31)30(22(32)29-23)13-18-14-34-20(28-18)16-5-7-17(8-6-16)24(25,26)27/h3-10,14H,11-13H2,1-2H3,(H,29,32)/t23-/m0/s1. The third-order valence-electron chi connectivity index (χ3n) is 5.75. The van der Waals surface area contributed by atoms with Crippen molar-refractivity contribution in [3.8, 4) is 16.3 Å². The molecular weight excluding hydrogens is 467 g/mol. The Morgan fingerprint density at radius 1 is 1.09 bits per heavy atom. The van der Waals surface area contributed by atoms with Crippen molar-refractivity contribution in [2.45, 2.75) is 38.0 Å². The lowest BCUT2D eigenvalue weighted by atomic mass is 9.93. The molecule has 1 N–H and O–H groups in total. The molecule has 178 valence electrons. The topological polar surface area (TPSA) is 71.5 Å². The Kier molecular flexibility index (Phi) is 6.35. The molecule has 3 amide bonds. The molecule has 1 aliphatic heterocycles. The summed E-state index contributed by atoms with van der Waals surface area (Å²) in [5, 5.41) is 4.99. The van der Waals surface area contributed by atoms with E-state index in [1.54, 1.807) is 19.4 Å².